The van der Waals surface area contributed by atoms with Gasteiger partial charge in [-0.1, -0.05) is 18.2 Å². The highest BCUT2D eigenvalue weighted by atomic mass is 16.6. The van der Waals surface area contributed by atoms with E-state index in [1.54, 1.807) is 26.0 Å². The number of nitrogens with one attached hydrogen (secondary N) is 1. The highest BCUT2D eigenvalue weighted by Crippen LogP contribution is 2.15. The van der Waals surface area contributed by atoms with Crippen LogP contribution in [0.3, 0.4) is 0 Å². The van der Waals surface area contributed by atoms with Gasteiger partial charge in [-0.2, -0.15) is 0 Å². The van der Waals surface area contributed by atoms with E-state index in [4.69, 9.17) is 11.2 Å². The van der Waals surface area contributed by atoms with Gasteiger partial charge in [0, 0.05) is 12.1 Å². The van der Waals surface area contributed by atoms with Gasteiger partial charge in [-0.15, -0.1) is 12.3 Å². The zero-order chi connectivity index (χ0) is 12.0. The fraction of sp³-hybridized carbons (Fsp3) is 0.308. The van der Waals surface area contributed by atoms with Crippen molar-refractivity contribution in [2.75, 3.05) is 5.32 Å². The Morgan fingerprint density at radius 2 is 2.06 bits per heavy atom. The van der Waals surface area contributed by atoms with Crippen molar-refractivity contribution >= 4 is 11.8 Å². The first-order valence-electron chi connectivity index (χ1n) is 5.02. The van der Waals surface area contributed by atoms with Crippen LogP contribution in [0.25, 0.3) is 0 Å². The van der Waals surface area contributed by atoms with Gasteiger partial charge in [0.1, 0.15) is 5.60 Å². The summed E-state index contributed by atoms with van der Waals surface area (Å²) >= 11 is 0. The average molecular weight is 217 g/mol. The maximum atomic E-state index is 11.5. The van der Waals surface area contributed by atoms with Gasteiger partial charge < -0.3 is 4.74 Å². The number of hydrogen-bond donors (Lipinski definition) is 1. The monoisotopic (exact) mass is 217 g/mol. The lowest BCUT2D eigenvalue weighted by Crippen LogP contribution is -2.30. The summed E-state index contributed by atoms with van der Waals surface area (Å²) in [7, 11) is 0. The van der Waals surface area contributed by atoms with Gasteiger partial charge in [-0.05, 0) is 26.0 Å². The summed E-state index contributed by atoms with van der Waals surface area (Å²) in [5.74, 6) is 2.47. The fourth-order valence-corrected chi connectivity index (χ4v) is 1.20. The van der Waals surface area contributed by atoms with E-state index in [2.05, 4.69) is 11.2 Å². The number of rotatable bonds is 3. The number of anilines is 1. The summed E-state index contributed by atoms with van der Waals surface area (Å²) in [5.41, 5.74) is 0.0529. The highest BCUT2D eigenvalue weighted by Gasteiger charge is 2.21. The van der Waals surface area contributed by atoms with Crippen molar-refractivity contribution in [3.63, 3.8) is 0 Å². The van der Waals surface area contributed by atoms with Gasteiger partial charge in [-0.25, -0.2) is 4.79 Å². The van der Waals surface area contributed by atoms with Gasteiger partial charge >= 0.3 is 6.09 Å². The van der Waals surface area contributed by atoms with Crippen molar-refractivity contribution in [1.82, 2.24) is 0 Å². The lowest BCUT2D eigenvalue weighted by molar-refractivity contribution is 0.0530. The van der Waals surface area contributed by atoms with Crippen molar-refractivity contribution in [2.24, 2.45) is 0 Å². The molecule has 0 bridgehead atoms. The molecule has 0 saturated heterocycles. The van der Waals surface area contributed by atoms with Crippen LogP contribution < -0.4 is 5.32 Å². The highest BCUT2D eigenvalue weighted by molar-refractivity contribution is 5.84. The largest absolute Gasteiger partial charge is 0.442 e. The molecule has 0 unspecified atom stereocenters. The van der Waals surface area contributed by atoms with Crippen molar-refractivity contribution in [1.29, 1.82) is 0 Å². The van der Waals surface area contributed by atoms with Crippen LogP contribution >= 0.6 is 0 Å². The van der Waals surface area contributed by atoms with Crippen LogP contribution in [0.15, 0.2) is 30.3 Å². The summed E-state index contributed by atoms with van der Waals surface area (Å²) < 4.78 is 5.19. The molecule has 0 aliphatic rings. The van der Waals surface area contributed by atoms with Crippen LogP contribution in [0.2, 0.25) is 0 Å². The first kappa shape index (κ1) is 12.1. The molecule has 84 valence electrons. The second-order valence-corrected chi connectivity index (χ2v) is 4.02. The minimum atomic E-state index is -0.645. The predicted molar refractivity (Wildman–Crippen MR) is 64.1 cm³/mol. The molecule has 0 aliphatic carbocycles. The predicted octanol–water partition coefficient (Wildman–Crippen LogP) is 3.04. The molecule has 0 aliphatic heterocycles. The zero-order valence-electron chi connectivity index (χ0n) is 9.49. The van der Waals surface area contributed by atoms with E-state index in [0.717, 1.165) is 0 Å². The molecule has 0 aromatic heterocycles. The molecule has 0 heterocycles. The standard InChI is InChI=1S/C13H15NO2/c1-4-10-13(2,3)16-12(15)14-11-8-6-5-7-9-11/h1,5-9H,10H2,2-3H3,(H,14,15). The minimum Gasteiger partial charge on any atom is -0.442 e. The third-order valence-corrected chi connectivity index (χ3v) is 1.92. The van der Waals surface area contributed by atoms with Crippen molar-refractivity contribution in [3.05, 3.63) is 30.3 Å². The van der Waals surface area contributed by atoms with E-state index >= 15 is 0 Å². The Hall–Kier alpha value is -1.95. The van der Waals surface area contributed by atoms with Gasteiger partial charge in [0.25, 0.3) is 0 Å². The molecular weight excluding hydrogens is 202 g/mol. The SMILES string of the molecule is C#CCC(C)(C)OC(=O)Nc1ccccc1. The molecule has 3 heteroatoms. The van der Waals surface area contributed by atoms with Crippen LogP contribution in [0.1, 0.15) is 20.3 Å². The van der Waals surface area contributed by atoms with E-state index in [-0.39, 0.29) is 0 Å². The molecule has 16 heavy (non-hydrogen) atoms. The van der Waals surface area contributed by atoms with E-state index < -0.39 is 11.7 Å². The van der Waals surface area contributed by atoms with E-state index in [0.29, 0.717) is 12.1 Å². The molecule has 1 aromatic rings. The molecule has 3 nitrogen and oxygen atoms in total. The maximum absolute atomic E-state index is 11.5. The average Bonchev–Trinajstić information content (AvgIpc) is 2.17. The molecule has 1 rings (SSSR count). The lowest BCUT2D eigenvalue weighted by atomic mass is 10.1. The minimum absolute atomic E-state index is 0.384. The Morgan fingerprint density at radius 3 is 2.62 bits per heavy atom. The number of carbonyl (C=O) groups excluding carboxylic acids is 1. The number of amides is 1. The smallest absolute Gasteiger partial charge is 0.412 e. The molecule has 1 amide bonds. The molecule has 0 radical (unpaired) electrons. The molecule has 0 atom stereocenters. The summed E-state index contributed by atoms with van der Waals surface area (Å²) in [6, 6.07) is 9.12. The number of terminal acetylenes is 1. The topological polar surface area (TPSA) is 38.3 Å². The molecular formula is C13H15NO2. The Kier molecular flexibility index (Phi) is 3.96. The Balaban J connectivity index is 2.52. The van der Waals surface area contributed by atoms with Gasteiger partial charge in [-0.3, -0.25) is 5.32 Å². The zero-order valence-corrected chi connectivity index (χ0v) is 9.49. The number of ether oxygens (including phenoxy) is 1. The molecule has 1 N–H and O–H groups in total. The lowest BCUT2D eigenvalue weighted by Gasteiger charge is -2.22. The van der Waals surface area contributed by atoms with E-state index in [1.807, 2.05) is 18.2 Å². The number of carbonyl (C=O) groups is 1. The van der Waals surface area contributed by atoms with Crippen LogP contribution in [0.4, 0.5) is 10.5 Å². The summed E-state index contributed by atoms with van der Waals surface area (Å²) in [6.07, 6.45) is 5.07. The van der Waals surface area contributed by atoms with Crippen LogP contribution in [-0.2, 0) is 4.74 Å². The van der Waals surface area contributed by atoms with Gasteiger partial charge in [0.2, 0.25) is 0 Å². The second-order valence-electron chi connectivity index (χ2n) is 4.02. The second kappa shape index (κ2) is 5.22. The normalized spacial score (nSPS) is 10.3. The first-order chi connectivity index (χ1) is 7.53. The van der Waals surface area contributed by atoms with E-state index in [1.165, 1.54) is 0 Å². The molecule has 0 saturated carbocycles. The Morgan fingerprint density at radius 1 is 1.44 bits per heavy atom. The number of benzene rings is 1. The quantitative estimate of drug-likeness (QED) is 0.790. The number of hydrogen-bond acceptors (Lipinski definition) is 2. The van der Waals surface area contributed by atoms with Crippen LogP contribution in [0, 0.1) is 12.3 Å². The number of para-hydroxylation sites is 1. The molecule has 1 aromatic carbocycles. The summed E-state index contributed by atoms with van der Waals surface area (Å²) in [6.45, 7) is 3.55. The third-order valence-electron chi connectivity index (χ3n) is 1.92. The first-order valence-corrected chi connectivity index (χ1v) is 5.02. The van der Waals surface area contributed by atoms with Crippen LogP contribution in [-0.4, -0.2) is 11.7 Å². The van der Waals surface area contributed by atoms with Crippen molar-refractivity contribution in [3.8, 4) is 12.3 Å². The maximum Gasteiger partial charge on any atom is 0.412 e. The van der Waals surface area contributed by atoms with Gasteiger partial charge in [0.05, 0.1) is 0 Å². The summed E-state index contributed by atoms with van der Waals surface area (Å²) in [4.78, 5) is 11.5. The third kappa shape index (κ3) is 4.05. The van der Waals surface area contributed by atoms with Crippen molar-refractivity contribution in [2.45, 2.75) is 25.9 Å². The molecule has 0 fully saturated rings. The Labute approximate surface area is 95.8 Å². The van der Waals surface area contributed by atoms with Crippen LogP contribution in [0.5, 0.6) is 0 Å². The fourth-order valence-electron chi connectivity index (χ4n) is 1.20. The summed E-state index contributed by atoms with van der Waals surface area (Å²) in [5, 5.41) is 2.63. The van der Waals surface area contributed by atoms with Crippen molar-refractivity contribution < 1.29 is 9.53 Å². The Bertz CT molecular complexity index is 390. The van der Waals surface area contributed by atoms with Gasteiger partial charge in [0.15, 0.2) is 0 Å². The van der Waals surface area contributed by atoms with E-state index in [9.17, 15) is 4.79 Å². The molecule has 0 spiro atoms.